The molecule has 1 N–H and O–H groups in total. The van der Waals surface area contributed by atoms with E-state index in [2.05, 4.69) is 10.1 Å². The molecule has 1 aliphatic carbocycles. The highest BCUT2D eigenvalue weighted by Gasteiger charge is 2.15. The number of hydrogen-bond acceptors (Lipinski definition) is 3. The van der Waals surface area contributed by atoms with Gasteiger partial charge in [-0.05, 0) is 42.9 Å². The van der Waals surface area contributed by atoms with Crippen LogP contribution in [0, 0.1) is 0 Å². The zero-order chi connectivity index (χ0) is 11.7. The van der Waals surface area contributed by atoms with Gasteiger partial charge in [0.2, 0.25) is 0 Å². The standard InChI is InChI=1S/C13H15N3O/c17-9-10-5-12(8-14-6-10)16-13-4-2-1-3-11(13)7-15-16/h5-8,17H,1-4,9H2. The lowest BCUT2D eigenvalue weighted by molar-refractivity contribution is 0.281. The summed E-state index contributed by atoms with van der Waals surface area (Å²) in [6, 6.07) is 1.94. The molecule has 0 unspecified atom stereocenters. The van der Waals surface area contributed by atoms with Crippen molar-refractivity contribution in [1.29, 1.82) is 0 Å². The maximum Gasteiger partial charge on any atom is 0.0835 e. The van der Waals surface area contributed by atoms with Crippen molar-refractivity contribution in [2.45, 2.75) is 32.3 Å². The van der Waals surface area contributed by atoms with Gasteiger partial charge in [0.15, 0.2) is 0 Å². The minimum atomic E-state index is 0.0182. The predicted octanol–water partition coefficient (Wildman–Crippen LogP) is 1.64. The van der Waals surface area contributed by atoms with E-state index >= 15 is 0 Å². The molecular weight excluding hydrogens is 214 g/mol. The van der Waals surface area contributed by atoms with Crippen molar-refractivity contribution >= 4 is 0 Å². The van der Waals surface area contributed by atoms with Gasteiger partial charge >= 0.3 is 0 Å². The molecule has 17 heavy (non-hydrogen) atoms. The van der Waals surface area contributed by atoms with Crippen LogP contribution < -0.4 is 0 Å². The monoisotopic (exact) mass is 229 g/mol. The maximum absolute atomic E-state index is 9.13. The van der Waals surface area contributed by atoms with E-state index in [9.17, 15) is 0 Å². The second kappa shape index (κ2) is 4.30. The molecule has 4 heteroatoms. The summed E-state index contributed by atoms with van der Waals surface area (Å²) in [5.41, 5.74) is 4.42. The molecule has 0 spiro atoms. The number of nitrogens with zero attached hydrogens (tertiary/aromatic N) is 3. The second-order valence-corrected chi connectivity index (χ2v) is 4.44. The fraction of sp³-hybridized carbons (Fsp3) is 0.385. The summed E-state index contributed by atoms with van der Waals surface area (Å²) in [5.74, 6) is 0. The van der Waals surface area contributed by atoms with Crippen LogP contribution in [-0.4, -0.2) is 19.9 Å². The van der Waals surface area contributed by atoms with Crippen LogP contribution in [-0.2, 0) is 19.4 Å². The number of fused-ring (bicyclic) bond motifs is 1. The molecule has 2 heterocycles. The quantitative estimate of drug-likeness (QED) is 0.851. The SMILES string of the molecule is OCc1cncc(-n2ncc3c2CCCC3)c1. The van der Waals surface area contributed by atoms with Crippen LogP contribution in [0.1, 0.15) is 29.7 Å². The number of hydrogen-bond donors (Lipinski definition) is 1. The molecule has 0 fully saturated rings. The van der Waals surface area contributed by atoms with Gasteiger partial charge in [-0.15, -0.1) is 0 Å². The van der Waals surface area contributed by atoms with E-state index < -0.39 is 0 Å². The molecule has 0 amide bonds. The molecule has 0 aromatic carbocycles. The van der Waals surface area contributed by atoms with E-state index in [1.807, 2.05) is 16.9 Å². The fourth-order valence-corrected chi connectivity index (χ4v) is 2.39. The lowest BCUT2D eigenvalue weighted by Crippen LogP contribution is -2.08. The number of aliphatic hydroxyl groups is 1. The highest BCUT2D eigenvalue weighted by atomic mass is 16.3. The first-order chi connectivity index (χ1) is 8.38. The Bertz CT molecular complexity index is 533. The molecule has 2 aromatic heterocycles. The van der Waals surface area contributed by atoms with E-state index in [1.165, 1.54) is 24.1 Å². The van der Waals surface area contributed by atoms with Crippen molar-refractivity contribution < 1.29 is 5.11 Å². The Morgan fingerprint density at radius 3 is 2.94 bits per heavy atom. The average Bonchev–Trinajstić information content (AvgIpc) is 2.82. The Hall–Kier alpha value is -1.68. The van der Waals surface area contributed by atoms with Crippen molar-refractivity contribution in [2.75, 3.05) is 0 Å². The van der Waals surface area contributed by atoms with Crippen LogP contribution in [0.3, 0.4) is 0 Å². The molecule has 0 bridgehead atoms. The van der Waals surface area contributed by atoms with E-state index in [1.54, 1.807) is 12.4 Å². The molecule has 2 aromatic rings. The summed E-state index contributed by atoms with van der Waals surface area (Å²) in [4.78, 5) is 4.14. The van der Waals surface area contributed by atoms with Crippen LogP contribution in [0.2, 0.25) is 0 Å². The second-order valence-electron chi connectivity index (χ2n) is 4.44. The number of pyridine rings is 1. The first-order valence-corrected chi connectivity index (χ1v) is 5.99. The molecule has 1 aliphatic rings. The average molecular weight is 229 g/mol. The van der Waals surface area contributed by atoms with Gasteiger partial charge in [0.1, 0.15) is 0 Å². The summed E-state index contributed by atoms with van der Waals surface area (Å²) >= 11 is 0. The minimum Gasteiger partial charge on any atom is -0.392 e. The molecule has 88 valence electrons. The Morgan fingerprint density at radius 2 is 2.06 bits per heavy atom. The molecule has 0 saturated carbocycles. The van der Waals surface area contributed by atoms with Crippen molar-refractivity contribution in [3.8, 4) is 5.69 Å². The summed E-state index contributed by atoms with van der Waals surface area (Å²) in [5, 5.41) is 13.6. The number of aromatic nitrogens is 3. The maximum atomic E-state index is 9.13. The van der Waals surface area contributed by atoms with E-state index in [4.69, 9.17) is 5.11 Å². The number of rotatable bonds is 2. The van der Waals surface area contributed by atoms with Crippen LogP contribution in [0.4, 0.5) is 0 Å². The molecular formula is C13H15N3O. The summed E-state index contributed by atoms with van der Waals surface area (Å²) in [6.45, 7) is 0.0182. The van der Waals surface area contributed by atoms with Gasteiger partial charge in [-0.25, -0.2) is 4.68 Å². The van der Waals surface area contributed by atoms with Gasteiger partial charge < -0.3 is 5.11 Å². The van der Waals surface area contributed by atoms with Gasteiger partial charge in [-0.1, -0.05) is 0 Å². The van der Waals surface area contributed by atoms with Crippen molar-refractivity contribution in [2.24, 2.45) is 0 Å². The Morgan fingerprint density at radius 1 is 1.18 bits per heavy atom. The largest absolute Gasteiger partial charge is 0.392 e. The van der Waals surface area contributed by atoms with E-state index in [0.29, 0.717) is 0 Å². The Balaban J connectivity index is 2.05. The lowest BCUT2D eigenvalue weighted by Gasteiger charge is -2.13. The summed E-state index contributed by atoms with van der Waals surface area (Å²) < 4.78 is 1.96. The molecule has 0 aliphatic heterocycles. The van der Waals surface area contributed by atoms with Crippen LogP contribution in [0.25, 0.3) is 5.69 Å². The third kappa shape index (κ3) is 1.85. The zero-order valence-electron chi connectivity index (χ0n) is 9.63. The fourth-order valence-electron chi connectivity index (χ4n) is 2.39. The van der Waals surface area contributed by atoms with E-state index in [0.717, 1.165) is 24.1 Å². The molecule has 0 atom stereocenters. The van der Waals surface area contributed by atoms with Crippen LogP contribution in [0.5, 0.6) is 0 Å². The highest BCUT2D eigenvalue weighted by Crippen LogP contribution is 2.23. The smallest absolute Gasteiger partial charge is 0.0835 e. The van der Waals surface area contributed by atoms with E-state index in [-0.39, 0.29) is 6.61 Å². The van der Waals surface area contributed by atoms with Gasteiger partial charge in [-0.2, -0.15) is 5.10 Å². The Labute approximate surface area is 99.9 Å². The molecule has 3 rings (SSSR count). The lowest BCUT2D eigenvalue weighted by atomic mass is 9.98. The minimum absolute atomic E-state index is 0.0182. The van der Waals surface area contributed by atoms with Crippen molar-refractivity contribution in [3.05, 3.63) is 41.5 Å². The Kier molecular flexibility index (Phi) is 2.65. The third-order valence-electron chi connectivity index (χ3n) is 3.27. The van der Waals surface area contributed by atoms with Crippen LogP contribution >= 0.6 is 0 Å². The zero-order valence-corrected chi connectivity index (χ0v) is 9.63. The first kappa shape index (κ1) is 10.5. The van der Waals surface area contributed by atoms with Gasteiger partial charge in [0.25, 0.3) is 0 Å². The van der Waals surface area contributed by atoms with Crippen molar-refractivity contribution in [1.82, 2.24) is 14.8 Å². The van der Waals surface area contributed by atoms with Crippen molar-refractivity contribution in [3.63, 3.8) is 0 Å². The normalized spacial score (nSPS) is 14.6. The highest BCUT2D eigenvalue weighted by molar-refractivity contribution is 5.36. The number of aryl methyl sites for hydroxylation is 1. The first-order valence-electron chi connectivity index (χ1n) is 5.99. The molecule has 0 saturated heterocycles. The number of aliphatic hydroxyl groups excluding tert-OH is 1. The van der Waals surface area contributed by atoms with Gasteiger partial charge in [-0.3, -0.25) is 4.98 Å². The molecule has 4 nitrogen and oxygen atoms in total. The summed E-state index contributed by atoms with van der Waals surface area (Å²) in [7, 11) is 0. The van der Waals surface area contributed by atoms with Crippen LogP contribution in [0.15, 0.2) is 24.7 Å². The van der Waals surface area contributed by atoms with Gasteiger partial charge in [0, 0.05) is 11.9 Å². The third-order valence-corrected chi connectivity index (χ3v) is 3.27. The topological polar surface area (TPSA) is 50.9 Å². The molecule has 0 radical (unpaired) electrons. The summed E-state index contributed by atoms with van der Waals surface area (Å²) in [6.07, 6.45) is 10.1. The van der Waals surface area contributed by atoms with Gasteiger partial charge in [0.05, 0.1) is 24.7 Å². The predicted molar refractivity (Wildman–Crippen MR) is 63.9 cm³/mol.